The van der Waals surface area contributed by atoms with Gasteiger partial charge in [-0.25, -0.2) is 4.39 Å². The van der Waals surface area contributed by atoms with Crippen molar-refractivity contribution < 1.29 is 31.9 Å². The number of alkyl halides is 5. The van der Waals surface area contributed by atoms with E-state index in [9.17, 15) is 31.9 Å². The standard InChI is InChI=1S/C26H35BrF4N4O3/c27-14-10-18(25(38)34-7-1-2-8-34)23(19(11-14)26(29,30)31)35-9-6-15(13-35)32-24(37)17-12-21(36)33-22-16(17)4-3-5-20(22)28/h12,14-16,18-20,22-23H,1-11,13H2,(H,32,37)(H,33,36)/t14?,15-,16?,18?,19?,20?,22?,23?/m1/s1. The molecule has 38 heavy (non-hydrogen) atoms. The number of amides is 3. The van der Waals surface area contributed by atoms with Crippen molar-refractivity contribution in [2.45, 2.75) is 86.7 Å². The maximum atomic E-state index is 14.5. The predicted octanol–water partition coefficient (Wildman–Crippen LogP) is 3.08. The van der Waals surface area contributed by atoms with Crippen molar-refractivity contribution in [1.29, 1.82) is 0 Å². The van der Waals surface area contributed by atoms with E-state index < -0.39 is 64.9 Å². The fourth-order valence-corrected chi connectivity index (χ4v) is 8.08. The Morgan fingerprint density at radius 3 is 2.50 bits per heavy atom. The summed E-state index contributed by atoms with van der Waals surface area (Å²) in [4.78, 5) is 41.8. The second-order valence-corrected chi connectivity index (χ2v) is 12.8. The molecule has 0 aromatic heterocycles. The molecular formula is C26H35BrF4N4O3. The molecule has 2 N–H and O–H groups in total. The van der Waals surface area contributed by atoms with Crippen LogP contribution in [-0.4, -0.2) is 89.0 Å². The van der Waals surface area contributed by atoms with Crippen LogP contribution in [0.2, 0.25) is 0 Å². The number of fused-ring (bicyclic) bond motifs is 1. The van der Waals surface area contributed by atoms with Gasteiger partial charge < -0.3 is 15.5 Å². The van der Waals surface area contributed by atoms with Crippen LogP contribution in [0.5, 0.6) is 0 Å². The molecule has 3 aliphatic heterocycles. The lowest BCUT2D eigenvalue weighted by atomic mass is 9.74. The summed E-state index contributed by atoms with van der Waals surface area (Å²) in [5.74, 6) is -4.02. The normalized spacial score (nSPS) is 38.4. The lowest BCUT2D eigenvalue weighted by molar-refractivity contribution is -0.205. The number of rotatable bonds is 4. The van der Waals surface area contributed by atoms with Crippen LogP contribution in [-0.2, 0) is 14.4 Å². The van der Waals surface area contributed by atoms with Crippen LogP contribution in [0.3, 0.4) is 0 Å². The Morgan fingerprint density at radius 1 is 1.05 bits per heavy atom. The van der Waals surface area contributed by atoms with E-state index in [1.54, 1.807) is 9.80 Å². The van der Waals surface area contributed by atoms with Gasteiger partial charge in [0.1, 0.15) is 6.17 Å². The molecule has 212 valence electrons. The number of carbonyl (C=O) groups is 3. The molecule has 12 heteroatoms. The molecule has 3 heterocycles. The summed E-state index contributed by atoms with van der Waals surface area (Å²) in [7, 11) is 0. The largest absolute Gasteiger partial charge is 0.393 e. The number of nitrogens with zero attached hydrogens (tertiary/aromatic N) is 2. The van der Waals surface area contributed by atoms with E-state index in [4.69, 9.17) is 0 Å². The molecule has 4 fully saturated rings. The second-order valence-electron chi connectivity index (χ2n) is 11.5. The highest BCUT2D eigenvalue weighted by atomic mass is 79.9. The average Bonchev–Trinajstić information content (AvgIpc) is 3.55. The fraction of sp³-hybridized carbons (Fsp3) is 0.808. The summed E-state index contributed by atoms with van der Waals surface area (Å²) in [6, 6.07) is -2.14. The summed E-state index contributed by atoms with van der Waals surface area (Å²) in [6.45, 7) is 1.68. The zero-order chi connectivity index (χ0) is 27.2. The van der Waals surface area contributed by atoms with Gasteiger partial charge in [0.2, 0.25) is 17.7 Å². The second kappa shape index (κ2) is 11.1. The summed E-state index contributed by atoms with van der Waals surface area (Å²) >= 11 is 3.39. The van der Waals surface area contributed by atoms with E-state index in [1.807, 2.05) is 0 Å². The Bertz CT molecular complexity index is 973. The molecule has 7 nitrogen and oxygen atoms in total. The van der Waals surface area contributed by atoms with Crippen molar-refractivity contribution in [1.82, 2.24) is 20.4 Å². The zero-order valence-corrected chi connectivity index (χ0v) is 22.8. The lowest BCUT2D eigenvalue weighted by Crippen LogP contribution is -2.58. The van der Waals surface area contributed by atoms with E-state index in [0.717, 1.165) is 12.8 Å². The summed E-state index contributed by atoms with van der Waals surface area (Å²) in [5, 5.41) is 5.54. The van der Waals surface area contributed by atoms with E-state index in [2.05, 4.69) is 26.6 Å². The third-order valence-electron chi connectivity index (χ3n) is 9.05. The number of carbonyl (C=O) groups excluding carboxylic acids is 3. The third-order valence-corrected chi connectivity index (χ3v) is 9.80. The van der Waals surface area contributed by atoms with Crippen LogP contribution < -0.4 is 10.6 Å². The summed E-state index contributed by atoms with van der Waals surface area (Å²) < 4.78 is 57.3. The average molecular weight is 607 g/mol. The molecule has 0 bridgehead atoms. The predicted molar refractivity (Wildman–Crippen MR) is 135 cm³/mol. The van der Waals surface area contributed by atoms with Gasteiger partial charge in [0.15, 0.2) is 0 Å². The molecule has 0 spiro atoms. The Balaban J connectivity index is 1.31. The minimum Gasteiger partial charge on any atom is -0.348 e. The van der Waals surface area contributed by atoms with Crippen LogP contribution in [0.1, 0.15) is 51.4 Å². The van der Waals surface area contributed by atoms with Gasteiger partial charge in [-0.1, -0.05) is 15.9 Å². The van der Waals surface area contributed by atoms with Crippen molar-refractivity contribution in [2.24, 2.45) is 17.8 Å². The first-order valence-electron chi connectivity index (χ1n) is 13.7. The van der Waals surface area contributed by atoms with Gasteiger partial charge in [-0.15, -0.1) is 0 Å². The molecular weight excluding hydrogens is 572 g/mol. The molecule has 0 aromatic rings. The SMILES string of the molecule is O=C1C=C(C(=O)N[C@@H]2CCN(C3C(C(=O)N4CCCC4)CC(Br)CC3C(F)(F)F)C2)C2CCCC(F)C2N1. The molecule has 0 aromatic carbocycles. The topological polar surface area (TPSA) is 81.8 Å². The first-order valence-corrected chi connectivity index (χ1v) is 14.6. The zero-order valence-electron chi connectivity index (χ0n) is 21.2. The van der Waals surface area contributed by atoms with Gasteiger partial charge >= 0.3 is 6.18 Å². The molecule has 0 radical (unpaired) electrons. The lowest BCUT2D eigenvalue weighted by Gasteiger charge is -2.45. The Kier molecular flexibility index (Phi) is 8.11. The number of nitrogens with one attached hydrogen (secondary N) is 2. The Labute approximate surface area is 228 Å². The van der Waals surface area contributed by atoms with Crippen LogP contribution in [0, 0.1) is 17.8 Å². The van der Waals surface area contributed by atoms with Gasteiger partial charge in [0.25, 0.3) is 0 Å². The summed E-state index contributed by atoms with van der Waals surface area (Å²) in [5.41, 5.74) is 0.245. The van der Waals surface area contributed by atoms with Crippen molar-refractivity contribution >= 4 is 33.7 Å². The minimum absolute atomic E-state index is 0.0963. The Morgan fingerprint density at radius 2 is 1.79 bits per heavy atom. The quantitative estimate of drug-likeness (QED) is 0.381. The molecule has 5 rings (SSSR count). The van der Waals surface area contributed by atoms with Crippen LogP contribution in [0.4, 0.5) is 17.6 Å². The third kappa shape index (κ3) is 5.62. The Hall–Kier alpha value is -1.69. The van der Waals surface area contributed by atoms with Gasteiger partial charge in [-0.05, 0) is 51.4 Å². The van der Waals surface area contributed by atoms with Gasteiger partial charge in [0.05, 0.1) is 17.9 Å². The first-order chi connectivity index (χ1) is 18.0. The molecule has 2 aliphatic carbocycles. The summed E-state index contributed by atoms with van der Waals surface area (Å²) in [6.07, 6.45) is -0.505. The minimum atomic E-state index is -4.46. The molecule has 3 amide bonds. The van der Waals surface area contributed by atoms with Crippen LogP contribution in [0.15, 0.2) is 11.6 Å². The molecule has 2 saturated carbocycles. The molecule has 7 unspecified atom stereocenters. The van der Waals surface area contributed by atoms with Crippen LogP contribution >= 0.6 is 15.9 Å². The number of halogens is 5. The maximum absolute atomic E-state index is 14.5. The van der Waals surface area contributed by atoms with E-state index in [0.29, 0.717) is 51.7 Å². The van der Waals surface area contributed by atoms with Gasteiger partial charge in [0, 0.05) is 60.7 Å². The highest BCUT2D eigenvalue weighted by Crippen LogP contribution is 2.46. The monoisotopic (exact) mass is 606 g/mol. The number of likely N-dealkylation sites (tertiary alicyclic amines) is 2. The maximum Gasteiger partial charge on any atom is 0.393 e. The molecule has 5 aliphatic rings. The molecule has 2 saturated heterocycles. The van der Waals surface area contributed by atoms with Gasteiger partial charge in [-0.2, -0.15) is 13.2 Å². The number of hydrogen-bond acceptors (Lipinski definition) is 4. The molecule has 8 atom stereocenters. The van der Waals surface area contributed by atoms with E-state index >= 15 is 0 Å². The smallest absolute Gasteiger partial charge is 0.348 e. The highest BCUT2D eigenvalue weighted by Gasteiger charge is 2.56. The fourth-order valence-electron chi connectivity index (χ4n) is 7.28. The van der Waals surface area contributed by atoms with Crippen molar-refractivity contribution in [3.63, 3.8) is 0 Å². The van der Waals surface area contributed by atoms with Crippen LogP contribution in [0.25, 0.3) is 0 Å². The first kappa shape index (κ1) is 27.9. The number of hydrogen-bond donors (Lipinski definition) is 2. The van der Waals surface area contributed by atoms with E-state index in [1.165, 1.54) is 6.08 Å². The van der Waals surface area contributed by atoms with Crippen molar-refractivity contribution in [2.75, 3.05) is 26.2 Å². The highest BCUT2D eigenvalue weighted by molar-refractivity contribution is 9.09. The van der Waals surface area contributed by atoms with Crippen molar-refractivity contribution in [3.05, 3.63) is 11.6 Å². The van der Waals surface area contributed by atoms with Crippen molar-refractivity contribution in [3.8, 4) is 0 Å². The van der Waals surface area contributed by atoms with E-state index in [-0.39, 0.29) is 24.4 Å². The van der Waals surface area contributed by atoms with Gasteiger partial charge in [-0.3, -0.25) is 19.3 Å².